The molecule has 1 aliphatic heterocycles. The molecule has 26 heavy (non-hydrogen) atoms. The first-order valence-corrected chi connectivity index (χ1v) is 9.72. The molecule has 0 aromatic carbocycles. The monoisotopic (exact) mass is 375 g/mol. The van der Waals surface area contributed by atoms with E-state index in [0.717, 1.165) is 22.4 Å². The Hall–Kier alpha value is -2.02. The number of hydrogen-bond acceptors (Lipinski definition) is 5. The summed E-state index contributed by atoms with van der Waals surface area (Å²) in [5, 5.41) is 0. The van der Waals surface area contributed by atoms with Gasteiger partial charge in [0, 0.05) is 18.3 Å². The third-order valence-corrected chi connectivity index (χ3v) is 6.55. The molecule has 0 N–H and O–H groups in total. The van der Waals surface area contributed by atoms with Gasteiger partial charge in [-0.15, -0.1) is 11.3 Å². The van der Waals surface area contributed by atoms with Crippen LogP contribution in [0, 0.1) is 19.8 Å². The van der Waals surface area contributed by atoms with E-state index in [4.69, 9.17) is 0 Å². The summed E-state index contributed by atoms with van der Waals surface area (Å²) in [4.78, 5) is 45.0. The average molecular weight is 375 g/mol. The summed E-state index contributed by atoms with van der Waals surface area (Å²) < 4.78 is 2.09. The van der Waals surface area contributed by atoms with Gasteiger partial charge in [0.2, 0.25) is 5.91 Å². The minimum absolute atomic E-state index is 0.186. The van der Waals surface area contributed by atoms with Crippen LogP contribution in [-0.4, -0.2) is 33.3 Å². The first-order valence-electron chi connectivity index (χ1n) is 8.91. The predicted octanol–water partition coefficient (Wildman–Crippen LogP) is 2.77. The molecule has 1 saturated heterocycles. The number of carbonyl (C=O) groups is 2. The Labute approximate surface area is 156 Å². The highest BCUT2D eigenvalue weighted by Gasteiger charge is 2.45. The molecule has 0 radical (unpaired) electrons. The maximum Gasteiger partial charge on any atom is 0.272 e. The van der Waals surface area contributed by atoms with Gasteiger partial charge in [0.05, 0.1) is 5.52 Å². The van der Waals surface area contributed by atoms with Crippen molar-refractivity contribution in [1.29, 1.82) is 0 Å². The maximum absolute atomic E-state index is 13.3. The number of imide groups is 1. The lowest BCUT2D eigenvalue weighted by Gasteiger charge is -2.38. The predicted molar refractivity (Wildman–Crippen MR) is 103 cm³/mol. The van der Waals surface area contributed by atoms with Crippen LogP contribution in [0.3, 0.4) is 0 Å². The third-order valence-electron chi connectivity index (χ3n) is 5.26. The van der Waals surface area contributed by atoms with Crippen LogP contribution in [-0.2, 0) is 21.5 Å². The fourth-order valence-electron chi connectivity index (χ4n) is 3.74. The normalized spacial score (nSPS) is 21.3. The molecule has 3 rings (SSSR count). The number of likely N-dealkylation sites (tertiary alicyclic amines) is 1. The number of thiophene rings is 1. The van der Waals surface area contributed by atoms with E-state index < -0.39 is 5.54 Å². The van der Waals surface area contributed by atoms with Crippen LogP contribution in [0.15, 0.2) is 4.79 Å². The van der Waals surface area contributed by atoms with Gasteiger partial charge in [-0.25, -0.2) is 4.98 Å². The van der Waals surface area contributed by atoms with Crippen molar-refractivity contribution < 1.29 is 9.59 Å². The van der Waals surface area contributed by atoms with E-state index in [1.165, 1.54) is 27.8 Å². The van der Waals surface area contributed by atoms with Crippen molar-refractivity contribution in [3.63, 3.8) is 0 Å². The Morgan fingerprint density at radius 2 is 1.88 bits per heavy atom. The Morgan fingerprint density at radius 1 is 1.23 bits per heavy atom. The summed E-state index contributed by atoms with van der Waals surface area (Å²) in [6.45, 7) is 9.79. The summed E-state index contributed by atoms with van der Waals surface area (Å²) in [7, 11) is 1.48. The van der Waals surface area contributed by atoms with Crippen molar-refractivity contribution in [2.75, 3.05) is 7.05 Å². The lowest BCUT2D eigenvalue weighted by Crippen LogP contribution is -2.57. The first-order chi connectivity index (χ1) is 12.1. The van der Waals surface area contributed by atoms with Crippen LogP contribution < -0.4 is 5.56 Å². The van der Waals surface area contributed by atoms with Gasteiger partial charge in [-0.05, 0) is 45.1 Å². The summed E-state index contributed by atoms with van der Waals surface area (Å²) >= 11 is 1.48. The third kappa shape index (κ3) is 2.69. The zero-order valence-corrected chi connectivity index (χ0v) is 17.0. The molecule has 1 unspecified atom stereocenters. The van der Waals surface area contributed by atoms with E-state index in [-0.39, 0.29) is 23.8 Å². The molecule has 140 valence electrons. The molecule has 2 aromatic heterocycles. The largest absolute Gasteiger partial charge is 0.284 e. The van der Waals surface area contributed by atoms with Crippen LogP contribution in [0.2, 0.25) is 0 Å². The lowest BCUT2D eigenvalue weighted by atomic mass is 9.89. The maximum atomic E-state index is 13.3. The number of likely N-dealkylation sites (N-methyl/N-ethyl adjacent to an activating group) is 1. The molecular formula is C19H25N3O3S. The van der Waals surface area contributed by atoms with Crippen molar-refractivity contribution in [3.8, 4) is 0 Å². The van der Waals surface area contributed by atoms with Gasteiger partial charge in [-0.1, -0.05) is 13.8 Å². The number of hydrogen-bond donors (Lipinski definition) is 0. The summed E-state index contributed by atoms with van der Waals surface area (Å²) in [5.74, 6) is 0.439. The molecule has 2 aromatic rings. The lowest BCUT2D eigenvalue weighted by molar-refractivity contribution is -0.154. The summed E-state index contributed by atoms with van der Waals surface area (Å²) in [5.41, 5.74) is 0.523. The second-order valence-electron chi connectivity index (χ2n) is 7.76. The molecule has 3 heterocycles. The van der Waals surface area contributed by atoms with Gasteiger partial charge < -0.3 is 0 Å². The van der Waals surface area contributed by atoms with Gasteiger partial charge in [0.15, 0.2) is 0 Å². The molecular weight excluding hydrogens is 350 g/mol. The van der Waals surface area contributed by atoms with Gasteiger partial charge >= 0.3 is 0 Å². The summed E-state index contributed by atoms with van der Waals surface area (Å²) in [6.07, 6.45) is 1.45. The molecule has 1 aliphatic rings. The summed E-state index contributed by atoms with van der Waals surface area (Å²) in [6, 6.07) is 0. The standard InChI is InChI=1S/C19H25N3O3S/c1-10(2)9-13-11(3)15-16(26-13)17(24)22(12(4)20-15)19(5)8-7-14(23)21(6)18(19)25/h10H,7-9H2,1-6H3. The minimum atomic E-state index is -1.08. The molecule has 6 nitrogen and oxygen atoms in total. The molecule has 1 fully saturated rings. The Morgan fingerprint density at radius 3 is 2.50 bits per heavy atom. The Bertz CT molecular complexity index is 973. The van der Waals surface area contributed by atoms with Gasteiger partial charge in [0.25, 0.3) is 11.5 Å². The second kappa shape index (κ2) is 6.30. The number of fused-ring (bicyclic) bond motifs is 1. The van der Waals surface area contributed by atoms with E-state index in [2.05, 4.69) is 18.8 Å². The molecule has 0 aliphatic carbocycles. The number of rotatable bonds is 3. The van der Waals surface area contributed by atoms with Crippen molar-refractivity contribution in [1.82, 2.24) is 14.5 Å². The quantitative estimate of drug-likeness (QED) is 0.774. The van der Waals surface area contributed by atoms with Crippen molar-refractivity contribution in [3.05, 3.63) is 26.6 Å². The van der Waals surface area contributed by atoms with Crippen molar-refractivity contribution >= 4 is 33.4 Å². The van der Waals surface area contributed by atoms with Crippen LogP contribution in [0.1, 0.15) is 49.9 Å². The van der Waals surface area contributed by atoms with E-state index in [9.17, 15) is 14.4 Å². The zero-order chi connectivity index (χ0) is 19.4. The molecule has 0 saturated carbocycles. The highest BCUT2D eigenvalue weighted by Crippen LogP contribution is 2.33. The van der Waals surface area contributed by atoms with Gasteiger partial charge in [-0.3, -0.25) is 23.9 Å². The number of carbonyl (C=O) groups excluding carboxylic acids is 2. The van der Waals surface area contributed by atoms with Gasteiger partial charge in [-0.2, -0.15) is 0 Å². The highest BCUT2D eigenvalue weighted by molar-refractivity contribution is 7.19. The fourth-order valence-corrected chi connectivity index (χ4v) is 5.13. The smallest absolute Gasteiger partial charge is 0.272 e. The van der Waals surface area contributed by atoms with E-state index in [1.54, 1.807) is 13.8 Å². The first kappa shape index (κ1) is 18.8. The number of piperidine rings is 1. The number of aryl methyl sites for hydroxylation is 2. The van der Waals surface area contributed by atoms with E-state index in [0.29, 0.717) is 22.9 Å². The average Bonchev–Trinajstić information content (AvgIpc) is 2.86. The van der Waals surface area contributed by atoms with Crippen LogP contribution in [0.25, 0.3) is 10.2 Å². The zero-order valence-electron chi connectivity index (χ0n) is 16.2. The van der Waals surface area contributed by atoms with Crippen molar-refractivity contribution in [2.24, 2.45) is 5.92 Å². The van der Waals surface area contributed by atoms with Crippen molar-refractivity contribution in [2.45, 2.75) is 59.4 Å². The van der Waals surface area contributed by atoms with Crippen LogP contribution >= 0.6 is 11.3 Å². The molecule has 2 amide bonds. The minimum Gasteiger partial charge on any atom is -0.284 e. The van der Waals surface area contributed by atoms with E-state index >= 15 is 0 Å². The second-order valence-corrected chi connectivity index (χ2v) is 8.86. The Kier molecular flexibility index (Phi) is 4.55. The van der Waals surface area contributed by atoms with Crippen LogP contribution in [0.4, 0.5) is 0 Å². The molecule has 0 bridgehead atoms. The molecule has 7 heteroatoms. The Balaban J connectivity index is 2.23. The number of amides is 2. The fraction of sp³-hybridized carbons (Fsp3) is 0.579. The van der Waals surface area contributed by atoms with E-state index in [1.807, 2.05) is 6.92 Å². The van der Waals surface area contributed by atoms with Gasteiger partial charge in [0.1, 0.15) is 16.1 Å². The SMILES string of the molecule is Cc1c(CC(C)C)sc2c(=O)n(C3(C)CCC(=O)N(C)C3=O)c(C)nc12. The molecule has 1 atom stereocenters. The topological polar surface area (TPSA) is 72.3 Å². The highest BCUT2D eigenvalue weighted by atomic mass is 32.1. The molecule has 0 spiro atoms. The van der Waals surface area contributed by atoms with Crippen LogP contribution in [0.5, 0.6) is 0 Å². The number of nitrogens with zero attached hydrogens (tertiary/aromatic N) is 3. The number of aromatic nitrogens is 2.